The maximum atomic E-state index is 10.5. The number of carboxylic acids is 3. The van der Waals surface area contributed by atoms with E-state index in [9.17, 15) is 14.4 Å². The lowest BCUT2D eigenvalue weighted by Crippen LogP contribution is -2.44. The molecular formula is C6H10O9. The summed E-state index contributed by atoms with van der Waals surface area (Å²) in [6.45, 7) is 0. The van der Waals surface area contributed by atoms with Gasteiger partial charge in [-0.1, -0.05) is 0 Å². The van der Waals surface area contributed by atoms with Gasteiger partial charge in [0.15, 0.2) is 0 Å². The van der Waals surface area contributed by atoms with Crippen LogP contribution in [0.3, 0.4) is 0 Å². The minimum atomic E-state index is -2.64. The normalized spacial score (nSPS) is 10.2. The first-order chi connectivity index (χ1) is 6.34. The standard InChI is InChI=1S/C6H8O8.H2O/c7-3(8)1-6(14-13,5(11)12)2-4(9)10;/h13H,1-2H2,(H,7,8)(H,9,10)(H,11,12);1H2. The van der Waals surface area contributed by atoms with Crippen molar-refractivity contribution in [3.05, 3.63) is 0 Å². The molecule has 9 heteroatoms. The molecule has 0 unspecified atom stereocenters. The average molecular weight is 226 g/mol. The van der Waals surface area contributed by atoms with Crippen molar-refractivity contribution in [3.8, 4) is 0 Å². The Morgan fingerprint density at radius 1 is 1.00 bits per heavy atom. The fourth-order valence-electron chi connectivity index (χ4n) is 0.806. The molecule has 0 aliphatic carbocycles. The van der Waals surface area contributed by atoms with Crippen LogP contribution in [0.25, 0.3) is 0 Å². The molecule has 6 N–H and O–H groups in total. The quantitative estimate of drug-likeness (QED) is 0.310. The van der Waals surface area contributed by atoms with Crippen molar-refractivity contribution in [1.29, 1.82) is 0 Å². The zero-order valence-corrected chi connectivity index (χ0v) is 7.34. The van der Waals surface area contributed by atoms with Crippen LogP contribution in [0.1, 0.15) is 12.8 Å². The molecule has 0 amide bonds. The van der Waals surface area contributed by atoms with Crippen molar-refractivity contribution >= 4 is 17.9 Å². The van der Waals surface area contributed by atoms with Gasteiger partial charge >= 0.3 is 17.9 Å². The third-order valence-electron chi connectivity index (χ3n) is 1.44. The van der Waals surface area contributed by atoms with Gasteiger partial charge in [0.05, 0.1) is 12.8 Å². The van der Waals surface area contributed by atoms with Crippen LogP contribution < -0.4 is 0 Å². The minimum absolute atomic E-state index is 0. The summed E-state index contributed by atoms with van der Waals surface area (Å²) in [4.78, 5) is 34.4. The lowest BCUT2D eigenvalue weighted by molar-refractivity contribution is -0.318. The molecular weight excluding hydrogens is 216 g/mol. The lowest BCUT2D eigenvalue weighted by Gasteiger charge is -2.21. The minimum Gasteiger partial charge on any atom is -0.481 e. The second-order valence-electron chi connectivity index (χ2n) is 2.53. The Morgan fingerprint density at radius 3 is 1.47 bits per heavy atom. The van der Waals surface area contributed by atoms with Gasteiger partial charge in [0.25, 0.3) is 0 Å². The van der Waals surface area contributed by atoms with E-state index in [1.165, 1.54) is 0 Å². The summed E-state index contributed by atoms with van der Waals surface area (Å²) in [7, 11) is 0. The highest BCUT2D eigenvalue weighted by Crippen LogP contribution is 2.20. The van der Waals surface area contributed by atoms with E-state index in [4.69, 9.17) is 20.6 Å². The fourth-order valence-corrected chi connectivity index (χ4v) is 0.806. The average Bonchev–Trinajstić information content (AvgIpc) is 2.00. The molecule has 0 spiro atoms. The molecule has 15 heavy (non-hydrogen) atoms. The Kier molecular flexibility index (Phi) is 6.20. The van der Waals surface area contributed by atoms with Crippen molar-refractivity contribution in [1.82, 2.24) is 0 Å². The molecule has 0 aromatic carbocycles. The van der Waals surface area contributed by atoms with Gasteiger partial charge in [-0.05, 0) is 0 Å². The molecule has 0 aliphatic rings. The second kappa shape index (κ2) is 5.90. The van der Waals surface area contributed by atoms with Crippen LogP contribution in [0.15, 0.2) is 0 Å². The first-order valence-electron chi connectivity index (χ1n) is 3.33. The third kappa shape index (κ3) is 4.35. The van der Waals surface area contributed by atoms with Crippen LogP contribution in [0.5, 0.6) is 0 Å². The monoisotopic (exact) mass is 226 g/mol. The second-order valence-corrected chi connectivity index (χ2v) is 2.53. The number of hydrogen-bond acceptors (Lipinski definition) is 5. The van der Waals surface area contributed by atoms with Gasteiger partial charge in [0, 0.05) is 0 Å². The summed E-state index contributed by atoms with van der Waals surface area (Å²) >= 11 is 0. The summed E-state index contributed by atoms with van der Waals surface area (Å²) < 4.78 is 0. The largest absolute Gasteiger partial charge is 0.481 e. The number of carbonyl (C=O) groups is 3. The van der Waals surface area contributed by atoms with Crippen molar-refractivity contribution in [2.75, 3.05) is 0 Å². The van der Waals surface area contributed by atoms with Gasteiger partial charge in [0.1, 0.15) is 0 Å². The summed E-state index contributed by atoms with van der Waals surface area (Å²) in [5.41, 5.74) is -2.64. The Bertz CT molecular complexity index is 241. The van der Waals surface area contributed by atoms with Gasteiger partial charge in [-0.25, -0.2) is 9.68 Å². The number of hydrogen-bond donors (Lipinski definition) is 4. The molecule has 0 atom stereocenters. The molecule has 0 saturated heterocycles. The van der Waals surface area contributed by atoms with E-state index in [0.717, 1.165) is 0 Å². The molecule has 0 aromatic rings. The molecule has 0 rings (SSSR count). The highest BCUT2D eigenvalue weighted by Gasteiger charge is 2.45. The molecule has 0 saturated carbocycles. The molecule has 88 valence electrons. The van der Waals surface area contributed by atoms with Crippen molar-refractivity contribution in [2.45, 2.75) is 18.4 Å². The van der Waals surface area contributed by atoms with Crippen LogP contribution >= 0.6 is 0 Å². The van der Waals surface area contributed by atoms with Crippen LogP contribution in [-0.2, 0) is 19.3 Å². The number of carboxylic acid groups (broad SMARTS) is 3. The number of rotatable bonds is 6. The van der Waals surface area contributed by atoms with E-state index in [0.29, 0.717) is 0 Å². The summed E-state index contributed by atoms with van der Waals surface area (Å²) in [6, 6.07) is 0. The van der Waals surface area contributed by atoms with Crippen LogP contribution in [0.4, 0.5) is 0 Å². The van der Waals surface area contributed by atoms with Crippen molar-refractivity contribution < 1.29 is 45.3 Å². The van der Waals surface area contributed by atoms with E-state index in [-0.39, 0.29) is 5.48 Å². The molecule has 0 aliphatic heterocycles. The highest BCUT2D eigenvalue weighted by atomic mass is 17.1. The van der Waals surface area contributed by atoms with Gasteiger partial charge < -0.3 is 20.8 Å². The zero-order chi connectivity index (χ0) is 11.4. The van der Waals surface area contributed by atoms with Gasteiger partial charge in [-0.3, -0.25) is 14.8 Å². The molecule has 0 aromatic heterocycles. The first kappa shape index (κ1) is 15.7. The fraction of sp³-hybridized carbons (Fsp3) is 0.500. The van der Waals surface area contributed by atoms with Crippen LogP contribution in [0, 0.1) is 0 Å². The Hall–Kier alpha value is -1.71. The topological polar surface area (TPSA) is 173 Å². The van der Waals surface area contributed by atoms with Crippen molar-refractivity contribution in [3.63, 3.8) is 0 Å². The van der Waals surface area contributed by atoms with E-state index < -0.39 is 36.4 Å². The number of aliphatic carboxylic acids is 3. The van der Waals surface area contributed by atoms with Crippen LogP contribution in [0.2, 0.25) is 0 Å². The Morgan fingerprint density at radius 2 is 1.33 bits per heavy atom. The summed E-state index contributed by atoms with van der Waals surface area (Å²) in [6.07, 6.45) is -2.30. The zero-order valence-electron chi connectivity index (χ0n) is 7.34. The van der Waals surface area contributed by atoms with Gasteiger partial charge in [-0.15, -0.1) is 0 Å². The van der Waals surface area contributed by atoms with E-state index in [2.05, 4.69) is 4.89 Å². The molecule has 0 bridgehead atoms. The molecule has 0 radical (unpaired) electrons. The highest BCUT2D eigenvalue weighted by molar-refractivity contribution is 5.88. The molecule has 9 nitrogen and oxygen atoms in total. The lowest BCUT2D eigenvalue weighted by atomic mass is 9.96. The predicted octanol–water partition coefficient (Wildman–Crippen LogP) is -1.58. The summed E-state index contributed by atoms with van der Waals surface area (Å²) in [5.74, 6) is -5.05. The maximum absolute atomic E-state index is 10.5. The van der Waals surface area contributed by atoms with Crippen molar-refractivity contribution in [2.24, 2.45) is 0 Å². The molecule has 0 heterocycles. The third-order valence-corrected chi connectivity index (χ3v) is 1.44. The first-order valence-corrected chi connectivity index (χ1v) is 3.33. The summed E-state index contributed by atoms with van der Waals surface area (Å²) in [5, 5.41) is 33.3. The van der Waals surface area contributed by atoms with Gasteiger partial charge in [-0.2, -0.15) is 0 Å². The maximum Gasteiger partial charge on any atom is 0.340 e. The Labute approximate surface area is 82.7 Å². The van der Waals surface area contributed by atoms with Crippen LogP contribution in [-0.4, -0.2) is 49.6 Å². The van der Waals surface area contributed by atoms with E-state index in [1.54, 1.807) is 0 Å². The van der Waals surface area contributed by atoms with E-state index >= 15 is 0 Å². The Balaban J connectivity index is 0. The van der Waals surface area contributed by atoms with Gasteiger partial charge in [0.2, 0.25) is 5.60 Å². The SMILES string of the molecule is O.O=C(O)CC(CC(=O)O)(OO)C(=O)O. The van der Waals surface area contributed by atoms with E-state index in [1.807, 2.05) is 0 Å². The smallest absolute Gasteiger partial charge is 0.340 e. The molecule has 0 fully saturated rings. The predicted molar refractivity (Wildman–Crippen MR) is 42.2 cm³/mol.